The molecular formula is C31H30N2O4S2. The summed E-state index contributed by atoms with van der Waals surface area (Å²) in [5.41, 5.74) is 4.55. The van der Waals surface area contributed by atoms with E-state index >= 15 is 0 Å². The van der Waals surface area contributed by atoms with Gasteiger partial charge in [0.15, 0.2) is 4.80 Å². The summed E-state index contributed by atoms with van der Waals surface area (Å²) in [6.45, 7) is 8.25. The lowest BCUT2D eigenvalue weighted by Crippen LogP contribution is -2.39. The van der Waals surface area contributed by atoms with Crippen LogP contribution in [0.15, 0.2) is 75.3 Å². The number of methoxy groups -OCH3 is 1. The summed E-state index contributed by atoms with van der Waals surface area (Å²) in [6.07, 6.45) is 1.92. The third kappa shape index (κ3) is 5.02. The molecule has 2 aromatic carbocycles. The highest BCUT2D eigenvalue weighted by Crippen LogP contribution is 2.37. The first-order valence-electron chi connectivity index (χ1n) is 12.8. The van der Waals surface area contributed by atoms with Crippen LogP contribution in [0.2, 0.25) is 0 Å². The molecule has 0 saturated heterocycles. The van der Waals surface area contributed by atoms with Crippen molar-refractivity contribution < 1.29 is 14.3 Å². The van der Waals surface area contributed by atoms with Gasteiger partial charge in [0.2, 0.25) is 0 Å². The van der Waals surface area contributed by atoms with E-state index in [2.05, 4.69) is 19.9 Å². The van der Waals surface area contributed by atoms with E-state index in [1.807, 2.05) is 66.9 Å². The van der Waals surface area contributed by atoms with Gasteiger partial charge in [-0.1, -0.05) is 61.6 Å². The van der Waals surface area contributed by atoms with Gasteiger partial charge in [-0.15, -0.1) is 11.3 Å². The van der Waals surface area contributed by atoms with Gasteiger partial charge in [0.1, 0.15) is 11.8 Å². The topological polar surface area (TPSA) is 69.9 Å². The molecule has 1 aliphatic heterocycles. The quantitative estimate of drug-likeness (QED) is 0.284. The molecular weight excluding hydrogens is 528 g/mol. The standard InChI is InChI=1S/C31H30N2O4S2/c1-6-37-30(35)26-27(20-11-8-7-9-12-20)32-31-33(28(26)24-13-10-14-38-24)29(34)25(39-31)17-21-16-22(18(2)3)23(36-5)15-19(21)4/h7-18,28H,6H2,1-5H3/b25-17-/t28-/m1/s1. The molecule has 1 atom stereocenters. The first-order valence-corrected chi connectivity index (χ1v) is 14.5. The van der Waals surface area contributed by atoms with Gasteiger partial charge in [-0.3, -0.25) is 9.36 Å². The van der Waals surface area contributed by atoms with Crippen molar-refractivity contribution in [1.82, 2.24) is 4.57 Å². The van der Waals surface area contributed by atoms with E-state index in [-0.39, 0.29) is 18.1 Å². The molecule has 4 aromatic rings. The Morgan fingerprint density at radius 2 is 1.92 bits per heavy atom. The summed E-state index contributed by atoms with van der Waals surface area (Å²) in [5, 5.41) is 1.95. The maximum absolute atomic E-state index is 14.0. The average molecular weight is 559 g/mol. The van der Waals surface area contributed by atoms with Crippen molar-refractivity contribution in [2.45, 2.75) is 39.7 Å². The van der Waals surface area contributed by atoms with E-state index in [0.29, 0.717) is 20.6 Å². The number of hydrogen-bond donors (Lipinski definition) is 0. The number of carbonyl (C=O) groups is 1. The zero-order chi connectivity index (χ0) is 27.7. The molecule has 0 fully saturated rings. The van der Waals surface area contributed by atoms with Crippen molar-refractivity contribution in [3.8, 4) is 5.75 Å². The Kier molecular flexibility index (Phi) is 7.68. The van der Waals surface area contributed by atoms with Crippen LogP contribution in [-0.4, -0.2) is 24.3 Å². The molecule has 0 unspecified atom stereocenters. The van der Waals surface area contributed by atoms with Gasteiger partial charge in [0, 0.05) is 10.4 Å². The van der Waals surface area contributed by atoms with Crippen LogP contribution in [0.5, 0.6) is 5.75 Å². The zero-order valence-electron chi connectivity index (χ0n) is 22.6. The third-order valence-electron chi connectivity index (χ3n) is 6.71. The fourth-order valence-electron chi connectivity index (χ4n) is 4.80. The van der Waals surface area contributed by atoms with Crippen LogP contribution < -0.4 is 19.6 Å². The maximum Gasteiger partial charge on any atom is 0.338 e. The molecule has 0 aliphatic carbocycles. The van der Waals surface area contributed by atoms with Crippen molar-refractivity contribution in [2.75, 3.05) is 13.7 Å². The third-order valence-corrected chi connectivity index (χ3v) is 8.62. The number of esters is 1. The van der Waals surface area contributed by atoms with Crippen molar-refractivity contribution >= 4 is 40.4 Å². The van der Waals surface area contributed by atoms with Gasteiger partial charge in [-0.05, 0) is 66.1 Å². The number of thiazole rings is 1. The van der Waals surface area contributed by atoms with Gasteiger partial charge in [-0.2, -0.15) is 0 Å². The summed E-state index contributed by atoms with van der Waals surface area (Å²) in [4.78, 5) is 33.8. The fraction of sp³-hybridized carbons (Fsp3) is 0.258. The minimum absolute atomic E-state index is 0.188. The molecule has 39 heavy (non-hydrogen) atoms. The van der Waals surface area contributed by atoms with Gasteiger partial charge >= 0.3 is 5.97 Å². The average Bonchev–Trinajstić information content (AvgIpc) is 3.57. The van der Waals surface area contributed by atoms with Gasteiger partial charge in [0.25, 0.3) is 5.56 Å². The minimum atomic E-state index is -0.638. The number of thiophene rings is 1. The Balaban J connectivity index is 1.79. The first kappa shape index (κ1) is 26.8. The number of nitrogens with zero attached hydrogens (tertiary/aromatic N) is 2. The number of fused-ring (bicyclic) bond motifs is 1. The second-order valence-corrected chi connectivity index (χ2v) is 11.5. The van der Waals surface area contributed by atoms with Crippen LogP contribution in [0.25, 0.3) is 11.8 Å². The van der Waals surface area contributed by atoms with Crippen molar-refractivity contribution in [1.29, 1.82) is 0 Å². The van der Waals surface area contributed by atoms with E-state index < -0.39 is 12.0 Å². The summed E-state index contributed by atoms with van der Waals surface area (Å²) < 4.78 is 13.3. The SMILES string of the molecule is CCOC(=O)C1=C(c2ccccc2)N=c2s/c(=C\c3cc(C(C)C)c(OC)cc3C)c(=O)n2[C@@H]1c1cccs1. The first-order chi connectivity index (χ1) is 18.8. The Morgan fingerprint density at radius 3 is 2.56 bits per heavy atom. The van der Waals surface area contributed by atoms with Crippen molar-refractivity contribution in [3.05, 3.63) is 112 Å². The molecule has 0 bridgehead atoms. The molecule has 0 amide bonds. The number of hydrogen-bond acceptors (Lipinski definition) is 7. The predicted molar refractivity (Wildman–Crippen MR) is 157 cm³/mol. The number of benzene rings is 2. The van der Waals surface area contributed by atoms with Gasteiger partial charge in [-0.25, -0.2) is 9.79 Å². The molecule has 0 N–H and O–H groups in total. The van der Waals surface area contributed by atoms with Gasteiger partial charge < -0.3 is 9.47 Å². The maximum atomic E-state index is 14.0. The predicted octanol–water partition coefficient (Wildman–Crippen LogP) is 5.44. The number of aromatic nitrogens is 1. The van der Waals surface area contributed by atoms with Crippen molar-refractivity contribution in [2.24, 2.45) is 4.99 Å². The minimum Gasteiger partial charge on any atom is -0.496 e. The second-order valence-electron chi connectivity index (χ2n) is 9.55. The Bertz CT molecular complexity index is 1730. The largest absolute Gasteiger partial charge is 0.496 e. The lowest BCUT2D eigenvalue weighted by atomic mass is 9.96. The molecule has 2 aromatic heterocycles. The molecule has 0 saturated carbocycles. The lowest BCUT2D eigenvalue weighted by molar-refractivity contribution is -0.138. The van der Waals surface area contributed by atoms with Crippen LogP contribution in [0.1, 0.15) is 59.9 Å². The molecule has 5 rings (SSSR count). The molecule has 6 nitrogen and oxygen atoms in total. The van der Waals surface area contributed by atoms with Crippen LogP contribution in [0.3, 0.4) is 0 Å². The van der Waals surface area contributed by atoms with Crippen LogP contribution in [-0.2, 0) is 9.53 Å². The van der Waals surface area contributed by atoms with E-state index in [1.54, 1.807) is 18.6 Å². The monoisotopic (exact) mass is 558 g/mol. The smallest absolute Gasteiger partial charge is 0.338 e. The summed E-state index contributed by atoms with van der Waals surface area (Å²) in [6, 6.07) is 16.9. The summed E-state index contributed by atoms with van der Waals surface area (Å²) in [5.74, 6) is 0.624. The second kappa shape index (κ2) is 11.2. The summed E-state index contributed by atoms with van der Waals surface area (Å²) >= 11 is 2.83. The number of ether oxygens (including phenoxy) is 2. The highest BCUT2D eigenvalue weighted by molar-refractivity contribution is 7.10. The van der Waals surface area contributed by atoms with Crippen LogP contribution >= 0.6 is 22.7 Å². The normalized spacial score (nSPS) is 15.3. The highest BCUT2D eigenvalue weighted by atomic mass is 32.1. The van der Waals surface area contributed by atoms with Crippen LogP contribution in [0, 0.1) is 6.92 Å². The number of aryl methyl sites for hydroxylation is 1. The molecule has 1 aliphatic rings. The number of carbonyl (C=O) groups excluding carboxylic acids is 1. The molecule has 3 heterocycles. The number of rotatable bonds is 7. The molecule has 8 heteroatoms. The van der Waals surface area contributed by atoms with Gasteiger partial charge in [0.05, 0.1) is 29.5 Å². The molecule has 200 valence electrons. The molecule has 0 radical (unpaired) electrons. The Hall–Kier alpha value is -3.75. The Morgan fingerprint density at radius 1 is 1.15 bits per heavy atom. The fourth-order valence-corrected chi connectivity index (χ4v) is 6.61. The van der Waals surface area contributed by atoms with Crippen molar-refractivity contribution in [3.63, 3.8) is 0 Å². The lowest BCUT2D eigenvalue weighted by Gasteiger charge is -2.24. The highest BCUT2D eigenvalue weighted by Gasteiger charge is 2.35. The van der Waals surface area contributed by atoms with E-state index in [4.69, 9.17) is 14.5 Å². The van der Waals surface area contributed by atoms with Crippen LogP contribution in [0.4, 0.5) is 0 Å². The summed E-state index contributed by atoms with van der Waals surface area (Å²) in [7, 11) is 1.68. The van der Waals surface area contributed by atoms with E-state index in [0.717, 1.165) is 32.9 Å². The van der Waals surface area contributed by atoms with E-state index in [9.17, 15) is 9.59 Å². The molecule has 0 spiro atoms. The van der Waals surface area contributed by atoms with E-state index in [1.165, 1.54) is 22.7 Å². The Labute approximate surface area is 235 Å². The zero-order valence-corrected chi connectivity index (χ0v) is 24.2.